The lowest BCUT2D eigenvalue weighted by atomic mass is 10.2. The first-order chi connectivity index (χ1) is 7.21. The Morgan fingerprint density at radius 1 is 1.56 bits per heavy atom. The van der Waals surface area contributed by atoms with E-state index in [-0.39, 0.29) is 11.5 Å². The van der Waals surface area contributed by atoms with Crippen molar-refractivity contribution in [2.75, 3.05) is 0 Å². The fraction of sp³-hybridized carbons (Fsp3) is 0.556. The van der Waals surface area contributed by atoms with Gasteiger partial charge in [-0.05, 0) is 5.92 Å². The van der Waals surface area contributed by atoms with Crippen molar-refractivity contribution >= 4 is 5.84 Å². The molecule has 0 bridgehead atoms. The molecule has 0 aliphatic heterocycles. The van der Waals surface area contributed by atoms with Gasteiger partial charge in [0.15, 0.2) is 5.69 Å². The first-order valence-electron chi connectivity index (χ1n) is 4.71. The standard InChI is InChI=1S/C9H13F3N4/c1-5(2)3-16-4-6(8(13)14)7(15-16)9(10,11)12/h4-5H,3H2,1-2H3,(H3,13,14). The molecule has 1 aromatic rings. The smallest absolute Gasteiger partial charge is 0.384 e. The lowest BCUT2D eigenvalue weighted by molar-refractivity contribution is -0.141. The predicted octanol–water partition coefficient (Wildman–Crippen LogP) is 1.84. The van der Waals surface area contributed by atoms with Gasteiger partial charge >= 0.3 is 6.18 Å². The Morgan fingerprint density at radius 3 is 2.44 bits per heavy atom. The summed E-state index contributed by atoms with van der Waals surface area (Å²) in [5.41, 5.74) is 3.62. The molecule has 0 amide bonds. The van der Waals surface area contributed by atoms with Gasteiger partial charge in [-0.25, -0.2) is 0 Å². The normalized spacial score (nSPS) is 12.1. The van der Waals surface area contributed by atoms with E-state index in [9.17, 15) is 13.2 Å². The van der Waals surface area contributed by atoms with Crippen molar-refractivity contribution in [2.45, 2.75) is 26.6 Å². The van der Waals surface area contributed by atoms with Gasteiger partial charge in [-0.2, -0.15) is 18.3 Å². The zero-order valence-electron chi connectivity index (χ0n) is 8.97. The molecule has 0 spiro atoms. The van der Waals surface area contributed by atoms with Crippen LogP contribution in [0.3, 0.4) is 0 Å². The molecule has 16 heavy (non-hydrogen) atoms. The topological polar surface area (TPSA) is 67.7 Å². The van der Waals surface area contributed by atoms with Gasteiger partial charge in [-0.1, -0.05) is 13.8 Å². The third-order valence-electron chi connectivity index (χ3n) is 1.87. The maximum atomic E-state index is 12.5. The number of nitrogens with one attached hydrogen (secondary N) is 1. The second-order valence-corrected chi connectivity index (χ2v) is 3.92. The average Bonchev–Trinajstić information content (AvgIpc) is 2.45. The molecule has 0 fully saturated rings. The molecule has 0 atom stereocenters. The van der Waals surface area contributed by atoms with Crippen LogP contribution >= 0.6 is 0 Å². The summed E-state index contributed by atoms with van der Waals surface area (Å²) in [6, 6.07) is 0. The molecular weight excluding hydrogens is 221 g/mol. The lowest BCUT2D eigenvalue weighted by Gasteiger charge is -2.05. The van der Waals surface area contributed by atoms with E-state index in [1.165, 1.54) is 4.68 Å². The highest BCUT2D eigenvalue weighted by Crippen LogP contribution is 2.30. The van der Waals surface area contributed by atoms with Crippen molar-refractivity contribution in [3.05, 3.63) is 17.5 Å². The Kier molecular flexibility index (Phi) is 3.25. The fourth-order valence-electron chi connectivity index (χ4n) is 1.30. The van der Waals surface area contributed by atoms with Gasteiger partial charge in [0.25, 0.3) is 0 Å². The average molecular weight is 234 g/mol. The Bertz CT molecular complexity index is 392. The van der Waals surface area contributed by atoms with Crippen LogP contribution < -0.4 is 5.73 Å². The molecule has 3 N–H and O–H groups in total. The Labute approximate surface area is 90.8 Å². The fourth-order valence-corrected chi connectivity index (χ4v) is 1.30. The van der Waals surface area contributed by atoms with E-state index in [0.29, 0.717) is 6.54 Å². The SMILES string of the molecule is CC(C)Cn1cc(C(=N)N)c(C(F)(F)F)n1. The van der Waals surface area contributed by atoms with E-state index in [4.69, 9.17) is 11.1 Å². The van der Waals surface area contributed by atoms with Crippen molar-refractivity contribution in [3.8, 4) is 0 Å². The molecule has 0 aromatic carbocycles. The molecule has 4 nitrogen and oxygen atoms in total. The van der Waals surface area contributed by atoms with Crippen LogP contribution in [0, 0.1) is 11.3 Å². The van der Waals surface area contributed by atoms with Crippen molar-refractivity contribution in [2.24, 2.45) is 11.7 Å². The van der Waals surface area contributed by atoms with Crippen LogP contribution in [-0.2, 0) is 12.7 Å². The number of nitrogens with zero attached hydrogens (tertiary/aromatic N) is 2. The van der Waals surface area contributed by atoms with Gasteiger partial charge in [-0.3, -0.25) is 10.1 Å². The van der Waals surface area contributed by atoms with Crippen LogP contribution in [0.5, 0.6) is 0 Å². The lowest BCUT2D eigenvalue weighted by Crippen LogP contribution is -2.17. The second-order valence-electron chi connectivity index (χ2n) is 3.92. The zero-order valence-corrected chi connectivity index (χ0v) is 8.97. The molecule has 0 aliphatic carbocycles. The third-order valence-corrected chi connectivity index (χ3v) is 1.87. The number of hydrogen-bond donors (Lipinski definition) is 2. The van der Waals surface area contributed by atoms with Crippen LogP contribution in [0.1, 0.15) is 25.1 Å². The summed E-state index contributed by atoms with van der Waals surface area (Å²) in [6.45, 7) is 4.08. The minimum absolute atomic E-state index is 0.167. The van der Waals surface area contributed by atoms with Crippen LogP contribution in [0.2, 0.25) is 0 Å². The van der Waals surface area contributed by atoms with Gasteiger partial charge in [0, 0.05) is 12.7 Å². The minimum Gasteiger partial charge on any atom is -0.384 e. The largest absolute Gasteiger partial charge is 0.435 e. The molecule has 0 aliphatic rings. The van der Waals surface area contributed by atoms with Gasteiger partial charge in [0.2, 0.25) is 0 Å². The number of nitrogen functional groups attached to an aromatic ring is 1. The molecule has 0 saturated heterocycles. The Balaban J connectivity index is 3.16. The third kappa shape index (κ3) is 2.74. The van der Waals surface area contributed by atoms with E-state index < -0.39 is 17.7 Å². The molecule has 1 aromatic heterocycles. The minimum atomic E-state index is -4.58. The maximum Gasteiger partial charge on any atom is 0.435 e. The van der Waals surface area contributed by atoms with Crippen molar-refractivity contribution in [1.82, 2.24) is 9.78 Å². The summed E-state index contributed by atoms with van der Waals surface area (Å²) >= 11 is 0. The number of halogens is 3. The van der Waals surface area contributed by atoms with E-state index in [1.54, 1.807) is 0 Å². The molecule has 1 rings (SSSR count). The van der Waals surface area contributed by atoms with Crippen LogP contribution in [0.4, 0.5) is 13.2 Å². The zero-order chi connectivity index (χ0) is 12.5. The number of nitrogens with two attached hydrogens (primary N) is 1. The van der Waals surface area contributed by atoms with E-state index in [1.807, 2.05) is 13.8 Å². The summed E-state index contributed by atoms with van der Waals surface area (Å²) in [6.07, 6.45) is -3.42. The first kappa shape index (κ1) is 12.5. The molecule has 0 radical (unpaired) electrons. The van der Waals surface area contributed by atoms with Crippen LogP contribution in [0.15, 0.2) is 6.20 Å². The van der Waals surface area contributed by atoms with Crippen LogP contribution in [0.25, 0.3) is 0 Å². The molecule has 0 unspecified atom stereocenters. The first-order valence-corrected chi connectivity index (χ1v) is 4.71. The van der Waals surface area contributed by atoms with Crippen LogP contribution in [-0.4, -0.2) is 15.6 Å². The summed E-state index contributed by atoms with van der Waals surface area (Å²) in [4.78, 5) is 0. The Hall–Kier alpha value is -1.53. The van der Waals surface area contributed by atoms with E-state index in [2.05, 4.69) is 5.10 Å². The Morgan fingerprint density at radius 2 is 2.12 bits per heavy atom. The summed E-state index contributed by atoms with van der Waals surface area (Å²) in [5, 5.41) is 10.5. The molecule has 7 heteroatoms. The maximum absolute atomic E-state index is 12.5. The number of alkyl halides is 3. The predicted molar refractivity (Wildman–Crippen MR) is 53.1 cm³/mol. The molecular formula is C9H13F3N4. The van der Waals surface area contributed by atoms with E-state index >= 15 is 0 Å². The van der Waals surface area contributed by atoms with Crippen molar-refractivity contribution < 1.29 is 13.2 Å². The number of rotatable bonds is 3. The van der Waals surface area contributed by atoms with E-state index in [0.717, 1.165) is 6.20 Å². The molecule has 1 heterocycles. The number of aromatic nitrogens is 2. The molecule has 0 saturated carbocycles. The summed E-state index contributed by atoms with van der Waals surface area (Å²) < 4.78 is 38.8. The monoisotopic (exact) mass is 234 g/mol. The highest BCUT2D eigenvalue weighted by molar-refractivity contribution is 5.95. The number of hydrogen-bond acceptors (Lipinski definition) is 2. The van der Waals surface area contributed by atoms with Gasteiger partial charge in [0.1, 0.15) is 5.84 Å². The highest BCUT2D eigenvalue weighted by atomic mass is 19.4. The van der Waals surface area contributed by atoms with Crippen molar-refractivity contribution in [1.29, 1.82) is 5.41 Å². The van der Waals surface area contributed by atoms with Gasteiger partial charge < -0.3 is 5.73 Å². The second kappa shape index (κ2) is 4.15. The van der Waals surface area contributed by atoms with Gasteiger partial charge in [-0.15, -0.1) is 0 Å². The number of amidine groups is 1. The van der Waals surface area contributed by atoms with Gasteiger partial charge in [0.05, 0.1) is 5.56 Å². The summed E-state index contributed by atoms with van der Waals surface area (Å²) in [5.74, 6) is -0.455. The highest BCUT2D eigenvalue weighted by Gasteiger charge is 2.37. The van der Waals surface area contributed by atoms with Crippen molar-refractivity contribution in [3.63, 3.8) is 0 Å². The molecule has 90 valence electrons. The quantitative estimate of drug-likeness (QED) is 0.619. The summed E-state index contributed by atoms with van der Waals surface area (Å²) in [7, 11) is 0.